The highest BCUT2D eigenvalue weighted by molar-refractivity contribution is 9.10. The predicted molar refractivity (Wildman–Crippen MR) is 118 cm³/mol. The van der Waals surface area contributed by atoms with Crippen molar-refractivity contribution in [3.63, 3.8) is 0 Å². The number of terminal acetylenes is 1. The summed E-state index contributed by atoms with van der Waals surface area (Å²) in [4.78, 5) is 25.7. The van der Waals surface area contributed by atoms with Crippen LogP contribution >= 0.6 is 27.7 Å². The summed E-state index contributed by atoms with van der Waals surface area (Å²) in [5.74, 6) is 3.00. The highest BCUT2D eigenvalue weighted by atomic mass is 79.9. The average Bonchev–Trinajstić information content (AvgIpc) is 2.94. The van der Waals surface area contributed by atoms with Gasteiger partial charge in [0.25, 0.3) is 11.1 Å². The molecular weight excluding hydrogens is 454 g/mol. The van der Waals surface area contributed by atoms with E-state index >= 15 is 0 Å². The van der Waals surface area contributed by atoms with Crippen molar-refractivity contribution in [1.29, 1.82) is 0 Å². The zero-order valence-electron chi connectivity index (χ0n) is 15.9. The molecule has 3 rings (SSSR count). The van der Waals surface area contributed by atoms with Gasteiger partial charge in [-0.3, -0.25) is 14.5 Å². The minimum Gasteiger partial charge on any atom is -0.493 e. The van der Waals surface area contributed by atoms with Gasteiger partial charge in [0.2, 0.25) is 0 Å². The van der Waals surface area contributed by atoms with E-state index in [0.29, 0.717) is 33.0 Å². The topological polar surface area (TPSA) is 55.8 Å². The van der Waals surface area contributed by atoms with Crippen LogP contribution in [0.4, 0.5) is 4.79 Å². The third-order valence-electron chi connectivity index (χ3n) is 4.14. The molecule has 1 heterocycles. The molecule has 1 aliphatic heterocycles. The van der Waals surface area contributed by atoms with Crippen LogP contribution in [-0.4, -0.2) is 29.7 Å². The summed E-state index contributed by atoms with van der Waals surface area (Å²) in [6.07, 6.45) is 6.86. The van der Waals surface area contributed by atoms with Gasteiger partial charge in [0.05, 0.1) is 23.0 Å². The number of imide groups is 1. The number of methoxy groups -OCH3 is 1. The summed E-state index contributed by atoms with van der Waals surface area (Å²) in [7, 11) is 1.55. The fourth-order valence-corrected chi connectivity index (χ4v) is 4.21. The van der Waals surface area contributed by atoms with Crippen molar-refractivity contribution in [2.75, 3.05) is 13.7 Å². The number of amides is 2. The number of hydrogen-bond donors (Lipinski definition) is 0. The van der Waals surface area contributed by atoms with Gasteiger partial charge in [-0.1, -0.05) is 35.7 Å². The van der Waals surface area contributed by atoms with Crippen molar-refractivity contribution in [2.45, 2.75) is 13.5 Å². The van der Waals surface area contributed by atoms with Gasteiger partial charge in [-0.2, -0.15) is 0 Å². The molecule has 1 aliphatic rings. The quantitative estimate of drug-likeness (QED) is 0.437. The first-order valence-corrected chi connectivity index (χ1v) is 10.3. The number of hydrogen-bond acceptors (Lipinski definition) is 5. The summed E-state index contributed by atoms with van der Waals surface area (Å²) in [6, 6.07) is 11.6. The number of carbonyl (C=O) groups is 2. The first-order chi connectivity index (χ1) is 13.9. The summed E-state index contributed by atoms with van der Waals surface area (Å²) in [5.41, 5.74) is 2.90. The highest BCUT2D eigenvalue weighted by Gasteiger charge is 2.34. The lowest BCUT2D eigenvalue weighted by Gasteiger charge is -2.14. The molecule has 1 saturated heterocycles. The number of aryl methyl sites for hydroxylation is 1. The zero-order chi connectivity index (χ0) is 21.0. The molecule has 0 spiro atoms. The largest absolute Gasteiger partial charge is 0.493 e. The predicted octanol–water partition coefficient (Wildman–Crippen LogP) is 5.01. The minimum atomic E-state index is -0.396. The van der Waals surface area contributed by atoms with Crippen LogP contribution in [-0.2, 0) is 11.4 Å². The second-order valence-corrected chi connectivity index (χ2v) is 8.13. The number of halogens is 1. The van der Waals surface area contributed by atoms with Crippen LogP contribution in [0.15, 0.2) is 45.8 Å². The molecule has 2 amide bonds. The van der Waals surface area contributed by atoms with Crippen LogP contribution in [0.3, 0.4) is 0 Å². The van der Waals surface area contributed by atoms with E-state index in [0.717, 1.165) is 27.8 Å². The zero-order valence-corrected chi connectivity index (χ0v) is 18.3. The summed E-state index contributed by atoms with van der Waals surface area (Å²) in [6.45, 7) is 2.38. The molecule has 0 unspecified atom stereocenters. The van der Waals surface area contributed by atoms with Crippen molar-refractivity contribution in [2.24, 2.45) is 0 Å². The van der Waals surface area contributed by atoms with Crippen molar-refractivity contribution >= 4 is 44.9 Å². The molecule has 0 radical (unpaired) electrons. The van der Waals surface area contributed by atoms with E-state index in [2.05, 4.69) is 27.9 Å². The van der Waals surface area contributed by atoms with Gasteiger partial charge in [0.15, 0.2) is 11.5 Å². The molecule has 5 nitrogen and oxygen atoms in total. The molecular formula is C22H18BrNO4S. The Bertz CT molecular complexity index is 1040. The number of rotatable bonds is 6. The van der Waals surface area contributed by atoms with Crippen molar-refractivity contribution < 1.29 is 19.1 Å². The molecule has 29 heavy (non-hydrogen) atoms. The average molecular weight is 472 g/mol. The summed E-state index contributed by atoms with van der Waals surface area (Å²) in [5, 5.41) is -0.372. The Balaban J connectivity index is 1.84. The van der Waals surface area contributed by atoms with E-state index in [1.807, 2.05) is 31.2 Å². The SMILES string of the molecule is C#CCN1C(=O)S/C(=C/c2cc(Br)c(OCc3cccc(C)c3)c(OC)c2)C1=O. The summed E-state index contributed by atoms with van der Waals surface area (Å²) >= 11 is 4.37. The second-order valence-electron chi connectivity index (χ2n) is 6.28. The molecule has 0 aliphatic carbocycles. The molecule has 0 atom stereocenters. The van der Waals surface area contributed by atoms with Crippen LogP contribution in [0.5, 0.6) is 11.5 Å². The number of nitrogens with zero attached hydrogens (tertiary/aromatic N) is 1. The fourth-order valence-electron chi connectivity index (χ4n) is 2.80. The van der Waals surface area contributed by atoms with Crippen molar-refractivity contribution in [3.8, 4) is 23.8 Å². The molecule has 0 aromatic heterocycles. The fraction of sp³-hybridized carbons (Fsp3) is 0.182. The van der Waals surface area contributed by atoms with E-state index in [4.69, 9.17) is 15.9 Å². The van der Waals surface area contributed by atoms with E-state index in [-0.39, 0.29) is 11.8 Å². The Morgan fingerprint density at radius 1 is 1.28 bits per heavy atom. The Hall–Kier alpha value is -2.69. The number of ether oxygens (including phenoxy) is 2. The Morgan fingerprint density at radius 2 is 2.07 bits per heavy atom. The summed E-state index contributed by atoms with van der Waals surface area (Å²) < 4.78 is 12.1. The smallest absolute Gasteiger partial charge is 0.294 e. The minimum absolute atomic E-state index is 0.0409. The van der Waals surface area contributed by atoms with E-state index in [9.17, 15) is 9.59 Å². The van der Waals surface area contributed by atoms with Crippen LogP contribution in [0, 0.1) is 19.3 Å². The first kappa shape index (κ1) is 21.0. The number of thioether (sulfide) groups is 1. The molecule has 0 saturated carbocycles. The highest BCUT2D eigenvalue weighted by Crippen LogP contribution is 2.39. The molecule has 1 fully saturated rings. The lowest BCUT2D eigenvalue weighted by Crippen LogP contribution is -2.28. The van der Waals surface area contributed by atoms with E-state index in [1.165, 1.54) is 0 Å². The van der Waals surface area contributed by atoms with E-state index in [1.54, 1.807) is 19.3 Å². The van der Waals surface area contributed by atoms with Gasteiger partial charge in [0.1, 0.15) is 6.61 Å². The van der Waals surface area contributed by atoms with Gasteiger partial charge in [-0.25, -0.2) is 0 Å². The Labute approximate surface area is 182 Å². The number of carbonyl (C=O) groups excluding carboxylic acids is 2. The lowest BCUT2D eigenvalue weighted by molar-refractivity contribution is -0.122. The van der Waals surface area contributed by atoms with Gasteiger partial charge < -0.3 is 9.47 Å². The standard InChI is InChI=1S/C22H18BrNO4S/c1-4-8-24-21(25)19(29-22(24)26)12-16-10-17(23)20(18(11-16)27-3)28-13-15-7-5-6-14(2)9-15/h1,5-7,9-12H,8,13H2,2-3H3/b19-12+. The Kier molecular flexibility index (Phi) is 6.68. The third-order valence-corrected chi connectivity index (χ3v) is 5.63. The van der Waals surface area contributed by atoms with Crippen LogP contribution in [0.2, 0.25) is 0 Å². The molecule has 2 aromatic rings. The molecule has 2 aromatic carbocycles. The second kappa shape index (κ2) is 9.21. The van der Waals surface area contributed by atoms with Crippen molar-refractivity contribution in [3.05, 3.63) is 62.5 Å². The van der Waals surface area contributed by atoms with Gasteiger partial charge >= 0.3 is 0 Å². The normalized spacial score (nSPS) is 15.0. The van der Waals surface area contributed by atoms with Crippen LogP contribution < -0.4 is 9.47 Å². The van der Waals surface area contributed by atoms with Crippen LogP contribution in [0.1, 0.15) is 16.7 Å². The lowest BCUT2D eigenvalue weighted by atomic mass is 10.1. The monoisotopic (exact) mass is 471 g/mol. The maximum Gasteiger partial charge on any atom is 0.294 e. The van der Waals surface area contributed by atoms with Crippen molar-refractivity contribution in [1.82, 2.24) is 4.90 Å². The first-order valence-electron chi connectivity index (χ1n) is 8.67. The van der Waals surface area contributed by atoms with E-state index < -0.39 is 5.91 Å². The van der Waals surface area contributed by atoms with Gasteiger partial charge in [-0.05, 0) is 64.0 Å². The van der Waals surface area contributed by atoms with Gasteiger partial charge in [0, 0.05) is 0 Å². The maximum absolute atomic E-state index is 12.4. The van der Waals surface area contributed by atoms with Gasteiger partial charge in [-0.15, -0.1) is 6.42 Å². The molecule has 7 heteroatoms. The molecule has 0 N–H and O–H groups in total. The number of benzene rings is 2. The third kappa shape index (κ3) is 4.84. The molecule has 0 bridgehead atoms. The molecule has 148 valence electrons. The maximum atomic E-state index is 12.4. The van der Waals surface area contributed by atoms with Crippen LogP contribution in [0.25, 0.3) is 6.08 Å². The Morgan fingerprint density at radius 3 is 2.76 bits per heavy atom.